The minimum absolute atomic E-state index is 0.631. The van der Waals surface area contributed by atoms with Gasteiger partial charge in [-0.3, -0.25) is 5.41 Å². The Balaban J connectivity index is 2.45. The van der Waals surface area contributed by atoms with Gasteiger partial charge >= 0.3 is 0 Å². The maximum Gasteiger partial charge on any atom is 0.0925 e. The molecule has 0 aliphatic heterocycles. The van der Waals surface area contributed by atoms with Crippen molar-refractivity contribution in [3.8, 4) is 0 Å². The molecule has 0 bridgehead atoms. The van der Waals surface area contributed by atoms with E-state index >= 15 is 0 Å². The molecule has 1 saturated carbocycles. The van der Waals surface area contributed by atoms with Crippen LogP contribution in [0.4, 0.5) is 0 Å². The highest BCUT2D eigenvalue weighted by Gasteiger charge is 2.22. The largest absolute Gasteiger partial charge is 0.361 e. The lowest BCUT2D eigenvalue weighted by Crippen LogP contribution is -2.38. The molecule has 70 valence electrons. The Morgan fingerprint density at radius 1 is 1.42 bits per heavy atom. The second-order valence-corrected chi connectivity index (χ2v) is 4.12. The van der Waals surface area contributed by atoms with E-state index in [9.17, 15) is 0 Å². The lowest BCUT2D eigenvalue weighted by Gasteiger charge is -2.34. The Labute approximate surface area is 75.5 Å². The third-order valence-corrected chi connectivity index (χ3v) is 2.99. The molecule has 0 aromatic heterocycles. The summed E-state index contributed by atoms with van der Waals surface area (Å²) < 4.78 is 0. The number of hydrogen-bond acceptors (Lipinski definition) is 1. The number of rotatable bonds is 1. The first kappa shape index (κ1) is 9.56. The molecule has 1 N–H and O–H groups in total. The molecule has 2 heteroatoms. The van der Waals surface area contributed by atoms with Crippen molar-refractivity contribution in [2.24, 2.45) is 5.92 Å². The van der Waals surface area contributed by atoms with Gasteiger partial charge in [-0.1, -0.05) is 19.8 Å². The minimum atomic E-state index is 0.631. The third kappa shape index (κ3) is 2.23. The third-order valence-electron chi connectivity index (χ3n) is 2.99. The van der Waals surface area contributed by atoms with Gasteiger partial charge < -0.3 is 4.90 Å². The van der Waals surface area contributed by atoms with E-state index in [2.05, 4.69) is 11.8 Å². The van der Waals surface area contributed by atoms with Crippen molar-refractivity contribution in [3.05, 3.63) is 0 Å². The molecule has 12 heavy (non-hydrogen) atoms. The topological polar surface area (TPSA) is 27.1 Å². The van der Waals surface area contributed by atoms with Crippen LogP contribution < -0.4 is 0 Å². The Hall–Kier alpha value is -0.530. The summed E-state index contributed by atoms with van der Waals surface area (Å²) in [6.07, 6.45) is 5.26. The highest BCUT2D eigenvalue weighted by atomic mass is 15.2. The first-order valence-corrected chi connectivity index (χ1v) is 4.89. The first-order chi connectivity index (χ1) is 5.61. The smallest absolute Gasteiger partial charge is 0.0925 e. The Morgan fingerprint density at radius 2 is 2.08 bits per heavy atom. The van der Waals surface area contributed by atoms with Crippen LogP contribution in [-0.2, 0) is 0 Å². The molecule has 0 radical (unpaired) electrons. The van der Waals surface area contributed by atoms with Crippen LogP contribution in [0.1, 0.15) is 39.5 Å². The highest BCUT2D eigenvalue weighted by Crippen LogP contribution is 2.26. The average molecular weight is 168 g/mol. The molecule has 0 heterocycles. The van der Waals surface area contributed by atoms with Crippen molar-refractivity contribution >= 4 is 5.84 Å². The molecule has 0 spiro atoms. The van der Waals surface area contributed by atoms with Gasteiger partial charge in [-0.05, 0) is 25.7 Å². The van der Waals surface area contributed by atoms with Crippen LogP contribution >= 0.6 is 0 Å². The second kappa shape index (κ2) is 3.92. The van der Waals surface area contributed by atoms with Crippen molar-refractivity contribution in [2.45, 2.75) is 45.6 Å². The highest BCUT2D eigenvalue weighted by molar-refractivity contribution is 5.76. The Morgan fingerprint density at radius 3 is 2.58 bits per heavy atom. The zero-order valence-corrected chi connectivity index (χ0v) is 8.43. The van der Waals surface area contributed by atoms with Gasteiger partial charge in [-0.15, -0.1) is 0 Å². The minimum Gasteiger partial charge on any atom is -0.361 e. The molecule has 1 rings (SSSR count). The van der Waals surface area contributed by atoms with Gasteiger partial charge in [-0.2, -0.15) is 0 Å². The molecule has 2 nitrogen and oxygen atoms in total. The molecule has 2 atom stereocenters. The summed E-state index contributed by atoms with van der Waals surface area (Å²) in [7, 11) is 2.05. The molecule has 0 amide bonds. The van der Waals surface area contributed by atoms with Gasteiger partial charge in [0.25, 0.3) is 0 Å². The average Bonchev–Trinajstić information content (AvgIpc) is 2.03. The molecule has 0 aromatic rings. The second-order valence-electron chi connectivity index (χ2n) is 4.12. The van der Waals surface area contributed by atoms with Crippen molar-refractivity contribution in [3.63, 3.8) is 0 Å². The van der Waals surface area contributed by atoms with E-state index in [0.29, 0.717) is 11.9 Å². The predicted molar refractivity (Wildman–Crippen MR) is 52.6 cm³/mol. The van der Waals surface area contributed by atoms with Gasteiger partial charge in [0.05, 0.1) is 5.84 Å². The van der Waals surface area contributed by atoms with Gasteiger partial charge in [0.1, 0.15) is 0 Å². The van der Waals surface area contributed by atoms with Gasteiger partial charge in [-0.25, -0.2) is 0 Å². The summed E-state index contributed by atoms with van der Waals surface area (Å²) in [5.41, 5.74) is 0. The summed E-state index contributed by atoms with van der Waals surface area (Å²) in [6, 6.07) is 0.631. The summed E-state index contributed by atoms with van der Waals surface area (Å²) in [5.74, 6) is 1.56. The molecular formula is C10H20N2. The molecule has 1 fully saturated rings. The zero-order chi connectivity index (χ0) is 9.14. The van der Waals surface area contributed by atoms with Crippen LogP contribution in [0.5, 0.6) is 0 Å². The molecule has 1 aliphatic rings. The number of nitrogens with zero attached hydrogens (tertiary/aromatic N) is 1. The first-order valence-electron chi connectivity index (χ1n) is 4.89. The summed E-state index contributed by atoms with van der Waals surface area (Å²) in [5, 5.41) is 7.53. The van der Waals surface area contributed by atoms with Crippen LogP contribution in [0, 0.1) is 11.3 Å². The molecular weight excluding hydrogens is 148 g/mol. The Bertz CT molecular complexity index is 165. The normalized spacial score (nSPS) is 29.9. The van der Waals surface area contributed by atoms with Gasteiger partial charge in [0.15, 0.2) is 0 Å². The fourth-order valence-electron chi connectivity index (χ4n) is 2.03. The summed E-state index contributed by atoms with van der Waals surface area (Å²) >= 11 is 0. The SMILES string of the molecule is CC(=N)N(C)C1CCCC(C)C1. The van der Waals surface area contributed by atoms with E-state index < -0.39 is 0 Å². The van der Waals surface area contributed by atoms with E-state index in [1.807, 2.05) is 14.0 Å². The standard InChI is InChI=1S/C10H20N2/c1-8-5-4-6-10(7-8)12(3)9(2)11/h8,10-11H,4-7H2,1-3H3. The van der Waals surface area contributed by atoms with Gasteiger partial charge in [0.2, 0.25) is 0 Å². The van der Waals surface area contributed by atoms with Gasteiger partial charge in [0, 0.05) is 13.1 Å². The summed E-state index contributed by atoms with van der Waals surface area (Å²) in [4.78, 5) is 2.12. The molecule has 1 aliphatic carbocycles. The van der Waals surface area contributed by atoms with E-state index in [4.69, 9.17) is 5.41 Å². The monoisotopic (exact) mass is 168 g/mol. The predicted octanol–water partition coefficient (Wildman–Crippen LogP) is 2.49. The van der Waals surface area contributed by atoms with Crippen LogP contribution in [-0.4, -0.2) is 23.8 Å². The number of hydrogen-bond donors (Lipinski definition) is 1. The van der Waals surface area contributed by atoms with E-state index in [1.54, 1.807) is 0 Å². The number of nitrogens with one attached hydrogen (secondary N) is 1. The Kier molecular flexibility index (Phi) is 3.12. The lowest BCUT2D eigenvalue weighted by atomic mass is 9.86. The molecule has 0 aromatic carbocycles. The van der Waals surface area contributed by atoms with Crippen LogP contribution in [0.25, 0.3) is 0 Å². The summed E-state index contributed by atoms with van der Waals surface area (Å²) in [6.45, 7) is 4.19. The maximum atomic E-state index is 7.53. The van der Waals surface area contributed by atoms with E-state index in [0.717, 1.165) is 5.92 Å². The number of amidine groups is 1. The van der Waals surface area contributed by atoms with Crippen LogP contribution in [0.15, 0.2) is 0 Å². The van der Waals surface area contributed by atoms with Crippen molar-refractivity contribution in [2.75, 3.05) is 7.05 Å². The molecule has 0 saturated heterocycles. The van der Waals surface area contributed by atoms with Crippen molar-refractivity contribution in [1.82, 2.24) is 4.90 Å². The maximum absolute atomic E-state index is 7.53. The lowest BCUT2D eigenvalue weighted by molar-refractivity contribution is 0.230. The van der Waals surface area contributed by atoms with E-state index in [-0.39, 0.29) is 0 Å². The fourth-order valence-corrected chi connectivity index (χ4v) is 2.03. The van der Waals surface area contributed by atoms with Crippen molar-refractivity contribution < 1.29 is 0 Å². The zero-order valence-electron chi connectivity index (χ0n) is 8.43. The van der Waals surface area contributed by atoms with Crippen LogP contribution in [0.3, 0.4) is 0 Å². The van der Waals surface area contributed by atoms with E-state index in [1.165, 1.54) is 25.7 Å². The van der Waals surface area contributed by atoms with Crippen molar-refractivity contribution in [1.29, 1.82) is 5.41 Å². The molecule has 2 unspecified atom stereocenters. The quantitative estimate of drug-likeness (QED) is 0.472. The van der Waals surface area contributed by atoms with Crippen LogP contribution in [0.2, 0.25) is 0 Å². The fraction of sp³-hybridized carbons (Fsp3) is 0.900.